The smallest absolute Gasteiger partial charge is 0.374 e. The molecule has 0 unspecified atom stereocenters. The summed E-state index contributed by atoms with van der Waals surface area (Å²) in [7, 11) is -5.63. The lowest BCUT2D eigenvalue weighted by atomic mass is 9.70. The molecular weight excluding hydrogens is 910 g/mol. The van der Waals surface area contributed by atoms with Crippen molar-refractivity contribution in [2.75, 3.05) is 19.8 Å². The number of fused-ring (bicyclic) bond motifs is 20. The number of aliphatic imine (C=N–C) groups is 1. The Balaban J connectivity index is 1.02. The molecule has 354 valence electrons. The molecule has 72 heavy (non-hydrogen) atoms. The summed E-state index contributed by atoms with van der Waals surface area (Å²) in [6.45, 7) is 7.62. The quantitative estimate of drug-likeness (QED) is 0.0806. The molecule has 0 amide bonds. The van der Waals surface area contributed by atoms with E-state index in [0.29, 0.717) is 42.5 Å². The van der Waals surface area contributed by atoms with Crippen molar-refractivity contribution in [3.8, 4) is 33.5 Å². The first-order valence-corrected chi connectivity index (χ1v) is 27.5. The molecule has 2 heterocycles. The fourth-order valence-electron chi connectivity index (χ4n) is 13.4. The molecule has 8 aromatic rings. The Morgan fingerprint density at radius 2 is 0.972 bits per heavy atom. The number of nitrogens with zero attached hydrogens (tertiary/aromatic N) is 2. The van der Waals surface area contributed by atoms with Crippen molar-refractivity contribution in [2.45, 2.75) is 56.9 Å². The third-order valence-electron chi connectivity index (χ3n) is 15.9. The Morgan fingerprint density at radius 1 is 0.528 bits per heavy atom. The van der Waals surface area contributed by atoms with Crippen LogP contribution in [0.25, 0.3) is 39.1 Å². The summed E-state index contributed by atoms with van der Waals surface area (Å²) < 4.78 is 53.3. The van der Waals surface area contributed by atoms with Crippen molar-refractivity contribution in [3.63, 3.8) is 0 Å². The zero-order valence-electron chi connectivity index (χ0n) is 40.7. The molecule has 1 aromatic heterocycles. The molecule has 2 spiro atoms. The van der Waals surface area contributed by atoms with Crippen LogP contribution in [-0.4, -0.2) is 46.2 Å². The van der Waals surface area contributed by atoms with E-state index < -0.39 is 27.0 Å². The van der Waals surface area contributed by atoms with Crippen LogP contribution in [0.3, 0.4) is 0 Å². The summed E-state index contributed by atoms with van der Waals surface area (Å²) >= 11 is 0. The number of aromatic nitrogens is 1. The zero-order chi connectivity index (χ0) is 48.8. The highest BCUT2D eigenvalue weighted by Gasteiger charge is 2.57. The van der Waals surface area contributed by atoms with Gasteiger partial charge in [-0.2, -0.15) is 0 Å². The number of hydrogen-bond donors (Lipinski definition) is 0. The van der Waals surface area contributed by atoms with Crippen molar-refractivity contribution < 1.29 is 21.9 Å². The maximum atomic E-state index is 16.8. The van der Waals surface area contributed by atoms with Crippen molar-refractivity contribution in [1.82, 2.24) is 4.48 Å². The Hall–Kier alpha value is -7.01. The van der Waals surface area contributed by atoms with E-state index in [0.717, 1.165) is 86.7 Å². The van der Waals surface area contributed by atoms with Gasteiger partial charge in [0.15, 0.2) is 0 Å². The van der Waals surface area contributed by atoms with Gasteiger partial charge < -0.3 is 17.8 Å². The Labute approximate surface area is 421 Å². The highest BCUT2D eigenvalue weighted by Crippen LogP contribution is 2.65. The molecule has 7 aromatic carbocycles. The first kappa shape index (κ1) is 44.9. The van der Waals surface area contributed by atoms with E-state index in [4.69, 9.17) is 18.3 Å². The normalized spacial score (nSPS) is 16.1. The van der Waals surface area contributed by atoms with Gasteiger partial charge in [0.25, 0.3) is 0 Å². The summed E-state index contributed by atoms with van der Waals surface area (Å²) in [5.74, 6) is 0. The second-order valence-electron chi connectivity index (χ2n) is 19.4. The SMILES string of the molecule is CCO[Si](CCCCc1ccc(/C(=C2\C=C3C(=N2)c2ccccc2C32c3ccccc3-c3ccccc32)c2cc3c(n2B(F)F)-c2ccccc2C32c3ccccc3-c3ccccc32)cc1)(OCC)OCC. The van der Waals surface area contributed by atoms with E-state index >= 15 is 8.63 Å². The van der Waals surface area contributed by atoms with Gasteiger partial charge in [-0.25, -0.2) is 4.99 Å². The van der Waals surface area contributed by atoms with Gasteiger partial charge in [-0.3, -0.25) is 8.63 Å². The van der Waals surface area contributed by atoms with Crippen LogP contribution < -0.4 is 0 Å². The van der Waals surface area contributed by atoms with Gasteiger partial charge in [0.2, 0.25) is 0 Å². The van der Waals surface area contributed by atoms with Crippen LogP contribution in [0.5, 0.6) is 0 Å². The zero-order valence-corrected chi connectivity index (χ0v) is 41.7. The van der Waals surface area contributed by atoms with E-state index in [2.05, 4.69) is 164 Å². The number of unbranched alkanes of at least 4 members (excludes halogenated alkanes) is 1. The third-order valence-corrected chi connectivity index (χ3v) is 19.1. The van der Waals surface area contributed by atoms with Crippen LogP contribution in [-0.2, 0) is 30.5 Å². The minimum absolute atomic E-state index is 0.438. The molecule has 1 aliphatic heterocycles. The maximum Gasteiger partial charge on any atom is 0.678 e. The van der Waals surface area contributed by atoms with E-state index in [1.54, 1.807) is 0 Å². The molecule has 0 fully saturated rings. The number of aryl methyl sites for hydroxylation is 1. The summed E-state index contributed by atoms with van der Waals surface area (Å²) in [4.78, 5) is 5.66. The van der Waals surface area contributed by atoms with Gasteiger partial charge in [0, 0.05) is 59.5 Å². The molecule has 9 heteroatoms. The largest absolute Gasteiger partial charge is 0.678 e. The van der Waals surface area contributed by atoms with Gasteiger partial charge in [0.05, 0.1) is 22.2 Å². The highest BCUT2D eigenvalue weighted by molar-refractivity contribution is 6.60. The molecule has 0 atom stereocenters. The lowest BCUT2D eigenvalue weighted by Gasteiger charge is -2.30. The molecule has 0 bridgehead atoms. The molecule has 0 radical (unpaired) electrons. The van der Waals surface area contributed by atoms with Crippen molar-refractivity contribution in [3.05, 3.63) is 255 Å². The Bertz CT molecular complexity index is 3480. The molecule has 5 nitrogen and oxygen atoms in total. The van der Waals surface area contributed by atoms with Gasteiger partial charge >= 0.3 is 16.2 Å². The summed E-state index contributed by atoms with van der Waals surface area (Å²) in [6, 6.07) is 62.6. The summed E-state index contributed by atoms with van der Waals surface area (Å²) in [6.07, 6.45) is 4.88. The minimum atomic E-state index is -2.86. The van der Waals surface area contributed by atoms with Crippen molar-refractivity contribution in [1.29, 1.82) is 0 Å². The number of halogens is 2. The topological polar surface area (TPSA) is 45.0 Å². The number of benzene rings is 7. The Kier molecular flexibility index (Phi) is 10.8. The first-order valence-electron chi connectivity index (χ1n) is 25.6. The highest BCUT2D eigenvalue weighted by atomic mass is 28.4. The van der Waals surface area contributed by atoms with Crippen LogP contribution in [0.2, 0.25) is 6.04 Å². The summed E-state index contributed by atoms with van der Waals surface area (Å²) in [5.41, 5.74) is 19.0. The van der Waals surface area contributed by atoms with E-state index in [-0.39, 0.29) is 0 Å². The van der Waals surface area contributed by atoms with E-state index in [1.807, 2.05) is 39.0 Å². The molecule has 5 aliphatic rings. The monoisotopic (exact) mass is 962 g/mol. The van der Waals surface area contributed by atoms with Crippen LogP contribution in [0.15, 0.2) is 198 Å². The fraction of sp³-hybridized carbons (Fsp3) is 0.190. The first-order chi connectivity index (χ1) is 35.4. The number of allylic oxidation sites excluding steroid dienone is 2. The third kappa shape index (κ3) is 6.24. The van der Waals surface area contributed by atoms with Gasteiger partial charge in [0.1, 0.15) is 0 Å². The van der Waals surface area contributed by atoms with Gasteiger partial charge in [-0.1, -0.05) is 170 Å². The van der Waals surface area contributed by atoms with Crippen LogP contribution in [0.1, 0.15) is 94.9 Å². The molecule has 0 saturated carbocycles. The van der Waals surface area contributed by atoms with Crippen LogP contribution >= 0.6 is 0 Å². The second-order valence-corrected chi connectivity index (χ2v) is 22.1. The van der Waals surface area contributed by atoms with Crippen LogP contribution in [0, 0.1) is 0 Å². The molecule has 0 saturated heterocycles. The lowest BCUT2D eigenvalue weighted by Crippen LogP contribution is -2.45. The standard InChI is InChI=1S/C63H53BF2N2O3Si/c1-4-69-72(70-5-2,71-6-3)38-20-19-21-41-34-36-42(37-35-41)59(57-39-55-60(67-57)47-26-11-17-32-53(47)62(55)49-28-13-7-22-43(49)44-23-8-14-29-50(44)62)58-40-56-61(68(58)64(65)66)48-27-12-18-33-54(48)63(56)51-30-15-9-24-45(51)46-25-10-16-31-52(46)63/h7-18,22-37,39-40H,4-6,19-21,38H2,1-3H3/b59-57-. The van der Waals surface area contributed by atoms with Gasteiger partial charge in [-0.05, 0) is 125 Å². The molecular formula is C63H53BF2N2O3Si. The van der Waals surface area contributed by atoms with Crippen molar-refractivity contribution >= 4 is 27.5 Å². The molecule has 13 rings (SSSR count). The predicted octanol–water partition coefficient (Wildman–Crippen LogP) is 14.5. The average Bonchev–Trinajstić information content (AvgIpc) is 4.26. The number of hydrogen-bond acceptors (Lipinski definition) is 4. The molecule has 4 aliphatic carbocycles. The second kappa shape index (κ2) is 17.3. The average molecular weight is 963 g/mol. The minimum Gasteiger partial charge on any atom is -0.374 e. The fourth-order valence-corrected chi connectivity index (χ4v) is 16.1. The predicted molar refractivity (Wildman–Crippen MR) is 288 cm³/mol. The van der Waals surface area contributed by atoms with E-state index in [9.17, 15) is 0 Å². The van der Waals surface area contributed by atoms with E-state index in [1.165, 1.54) is 37.9 Å². The van der Waals surface area contributed by atoms with Gasteiger partial charge in [-0.15, -0.1) is 0 Å². The van der Waals surface area contributed by atoms with Crippen LogP contribution in [0.4, 0.5) is 8.63 Å². The molecule has 0 N–H and O–H groups in total. The Morgan fingerprint density at radius 3 is 1.47 bits per heavy atom. The summed E-state index contributed by atoms with van der Waals surface area (Å²) in [5, 5.41) is 0. The maximum absolute atomic E-state index is 16.8. The lowest BCUT2D eigenvalue weighted by molar-refractivity contribution is 0.0707. The van der Waals surface area contributed by atoms with Crippen molar-refractivity contribution in [2.24, 2.45) is 4.99 Å². The number of rotatable bonds is 14.